The maximum absolute atomic E-state index is 12.8. The molecular weight excluding hydrogens is 596 g/mol. The molecule has 8 atom stereocenters. The highest BCUT2D eigenvalue weighted by Gasteiger charge is 2.48. The number of aliphatic hydroxyl groups is 4. The zero-order chi connectivity index (χ0) is 33.3. The third kappa shape index (κ3) is 8.29. The van der Waals surface area contributed by atoms with Crippen LogP contribution in [0.1, 0.15) is 6.92 Å². The lowest BCUT2D eigenvalue weighted by Crippen LogP contribution is -2.61. The highest BCUT2D eigenvalue weighted by molar-refractivity contribution is 5.95. The number of aliphatic hydroxyl groups excluding tert-OH is 4. The lowest BCUT2D eigenvalue weighted by atomic mass is 9.83. The monoisotopic (exact) mass is 638 g/mol. The Morgan fingerprint density at radius 2 is 2.00 bits per heavy atom. The highest BCUT2D eigenvalue weighted by Crippen LogP contribution is 2.37. The molecule has 8 N–H and O–H groups in total. The van der Waals surface area contributed by atoms with Gasteiger partial charge < -0.3 is 65.2 Å². The number of nitrogens with two attached hydrogens (primary N) is 1. The average Bonchev–Trinajstić information content (AvgIpc) is 3.03. The van der Waals surface area contributed by atoms with Crippen LogP contribution in [0.3, 0.4) is 0 Å². The van der Waals surface area contributed by atoms with Crippen molar-refractivity contribution in [2.75, 3.05) is 47.1 Å². The molecule has 0 aromatic heterocycles. The molecule has 16 nitrogen and oxygen atoms in total. The van der Waals surface area contributed by atoms with Gasteiger partial charge in [-0.05, 0) is 12.5 Å². The van der Waals surface area contributed by atoms with Gasteiger partial charge in [0.1, 0.15) is 24.4 Å². The SMILES string of the molecule is C=CC1C(OC2OC(CO)C(O)C(O)C2OCC)OC=C(C(=O)OC)C1C=CC1=C(NC(N)=NC)C(C(=O)O)=CN(CCO)C1. The molecule has 1 saturated heterocycles. The number of hydrogen-bond acceptors (Lipinski definition) is 13. The molecule has 45 heavy (non-hydrogen) atoms. The van der Waals surface area contributed by atoms with Crippen molar-refractivity contribution in [3.05, 3.63) is 59.7 Å². The maximum atomic E-state index is 12.8. The van der Waals surface area contributed by atoms with Gasteiger partial charge in [-0.3, -0.25) is 4.99 Å². The number of allylic oxidation sites excluding steroid dienone is 1. The molecule has 3 aliphatic rings. The molecule has 0 saturated carbocycles. The molecular formula is C29H42N4O12. The predicted molar refractivity (Wildman–Crippen MR) is 158 cm³/mol. The molecule has 0 spiro atoms. The summed E-state index contributed by atoms with van der Waals surface area (Å²) in [5, 5.41) is 53.0. The number of hydrogen-bond donors (Lipinski definition) is 7. The summed E-state index contributed by atoms with van der Waals surface area (Å²) in [5.74, 6) is -3.58. The van der Waals surface area contributed by atoms with Crippen LogP contribution in [0.2, 0.25) is 0 Å². The molecule has 3 heterocycles. The molecule has 16 heteroatoms. The number of carboxylic acid groups (broad SMARTS) is 1. The number of guanidine groups is 1. The Balaban J connectivity index is 2.04. The van der Waals surface area contributed by atoms with E-state index in [2.05, 4.69) is 16.9 Å². The summed E-state index contributed by atoms with van der Waals surface area (Å²) >= 11 is 0. The van der Waals surface area contributed by atoms with Crippen molar-refractivity contribution in [1.82, 2.24) is 10.2 Å². The maximum Gasteiger partial charge on any atom is 0.339 e. The molecule has 8 unspecified atom stereocenters. The molecule has 0 aromatic carbocycles. The smallest absolute Gasteiger partial charge is 0.339 e. The Labute approximate surface area is 260 Å². The van der Waals surface area contributed by atoms with E-state index in [-0.39, 0.29) is 49.1 Å². The van der Waals surface area contributed by atoms with Crippen LogP contribution in [-0.4, -0.2) is 132 Å². The van der Waals surface area contributed by atoms with Crippen LogP contribution in [-0.2, 0) is 33.3 Å². The lowest BCUT2D eigenvalue weighted by molar-refractivity contribution is -0.344. The van der Waals surface area contributed by atoms with E-state index in [0.717, 1.165) is 6.26 Å². The first kappa shape index (κ1) is 35.7. The van der Waals surface area contributed by atoms with E-state index in [1.807, 2.05) is 0 Å². The largest absolute Gasteiger partial charge is 0.478 e. The van der Waals surface area contributed by atoms with E-state index in [0.29, 0.717) is 5.57 Å². The summed E-state index contributed by atoms with van der Waals surface area (Å²) < 4.78 is 28.1. The van der Waals surface area contributed by atoms with Gasteiger partial charge in [-0.2, -0.15) is 0 Å². The van der Waals surface area contributed by atoms with Gasteiger partial charge in [0.15, 0.2) is 12.2 Å². The number of ether oxygens (including phenoxy) is 5. The van der Waals surface area contributed by atoms with E-state index in [1.165, 1.54) is 26.4 Å². The third-order valence-corrected chi connectivity index (χ3v) is 7.45. The molecule has 0 aromatic rings. The lowest BCUT2D eigenvalue weighted by Gasteiger charge is -2.44. The summed E-state index contributed by atoms with van der Waals surface area (Å²) in [7, 11) is 2.64. The second-order valence-corrected chi connectivity index (χ2v) is 10.2. The van der Waals surface area contributed by atoms with Crippen LogP contribution in [0.5, 0.6) is 0 Å². The van der Waals surface area contributed by atoms with Crippen LogP contribution in [0.15, 0.2) is 64.7 Å². The van der Waals surface area contributed by atoms with Gasteiger partial charge in [0, 0.05) is 38.9 Å². The van der Waals surface area contributed by atoms with Crippen LogP contribution in [0.25, 0.3) is 0 Å². The van der Waals surface area contributed by atoms with Crippen molar-refractivity contribution in [2.45, 2.75) is 43.9 Å². The van der Waals surface area contributed by atoms with Crippen LogP contribution in [0.4, 0.5) is 0 Å². The highest BCUT2D eigenvalue weighted by atomic mass is 16.8. The second-order valence-electron chi connectivity index (χ2n) is 10.2. The summed E-state index contributed by atoms with van der Waals surface area (Å²) in [5.41, 5.74) is 6.45. The number of β-amino-alcohol motifs (C(OH)–C–C–N with tert-alkyl or cyclic N) is 1. The van der Waals surface area contributed by atoms with Crippen LogP contribution >= 0.6 is 0 Å². The number of esters is 1. The Morgan fingerprint density at radius 1 is 1.27 bits per heavy atom. The number of aliphatic carboxylic acids is 1. The normalized spacial score (nSPS) is 30.8. The first-order valence-corrected chi connectivity index (χ1v) is 14.2. The quantitative estimate of drug-likeness (QED) is 0.0515. The Bertz CT molecular complexity index is 1230. The zero-order valence-corrected chi connectivity index (χ0v) is 25.3. The molecule has 0 amide bonds. The van der Waals surface area contributed by atoms with Crippen molar-refractivity contribution in [2.24, 2.45) is 22.6 Å². The predicted octanol–water partition coefficient (Wildman–Crippen LogP) is -1.70. The molecule has 3 aliphatic heterocycles. The average molecular weight is 639 g/mol. The van der Waals surface area contributed by atoms with Gasteiger partial charge in [-0.1, -0.05) is 18.2 Å². The Kier molecular flexibility index (Phi) is 13.1. The van der Waals surface area contributed by atoms with Crippen molar-refractivity contribution in [3.63, 3.8) is 0 Å². The summed E-state index contributed by atoms with van der Waals surface area (Å²) in [6, 6.07) is 0. The number of carbonyl (C=O) groups excluding carboxylic acids is 1. The van der Waals surface area contributed by atoms with Gasteiger partial charge in [0.2, 0.25) is 6.29 Å². The van der Waals surface area contributed by atoms with Crippen molar-refractivity contribution in [1.29, 1.82) is 0 Å². The number of nitrogens with zero attached hydrogens (tertiary/aromatic N) is 2. The number of aliphatic imine (C=N–C) groups is 1. The van der Waals surface area contributed by atoms with Gasteiger partial charge in [0.25, 0.3) is 0 Å². The Morgan fingerprint density at radius 3 is 2.58 bits per heavy atom. The van der Waals surface area contributed by atoms with Gasteiger partial charge >= 0.3 is 11.9 Å². The third-order valence-electron chi connectivity index (χ3n) is 7.45. The minimum atomic E-state index is -1.45. The number of rotatable bonds is 13. The van der Waals surface area contributed by atoms with Crippen molar-refractivity contribution >= 4 is 17.9 Å². The first-order chi connectivity index (χ1) is 21.5. The minimum absolute atomic E-state index is 0.0397. The minimum Gasteiger partial charge on any atom is -0.478 e. The van der Waals surface area contributed by atoms with E-state index in [9.17, 15) is 35.1 Å². The number of methoxy groups -OCH3 is 1. The fourth-order valence-electron chi connectivity index (χ4n) is 5.15. The number of carbonyl (C=O) groups is 2. The molecule has 3 rings (SSSR count). The van der Waals surface area contributed by atoms with Gasteiger partial charge in [-0.15, -0.1) is 6.58 Å². The number of nitrogens with one attached hydrogen (secondary N) is 1. The van der Waals surface area contributed by atoms with E-state index >= 15 is 0 Å². The van der Waals surface area contributed by atoms with E-state index < -0.39 is 67.4 Å². The van der Waals surface area contributed by atoms with Gasteiger partial charge in [0.05, 0.1) is 49.3 Å². The van der Waals surface area contributed by atoms with Crippen LogP contribution < -0.4 is 11.1 Å². The summed E-state index contributed by atoms with van der Waals surface area (Å²) in [6.45, 7) is 5.19. The zero-order valence-electron chi connectivity index (χ0n) is 25.3. The fourth-order valence-corrected chi connectivity index (χ4v) is 5.15. The van der Waals surface area contributed by atoms with Crippen molar-refractivity contribution < 1.29 is 58.8 Å². The summed E-state index contributed by atoms with van der Waals surface area (Å²) in [4.78, 5) is 30.5. The second kappa shape index (κ2) is 16.5. The molecule has 0 radical (unpaired) electrons. The van der Waals surface area contributed by atoms with Crippen LogP contribution in [0, 0.1) is 11.8 Å². The molecule has 0 aliphatic carbocycles. The first-order valence-electron chi connectivity index (χ1n) is 14.2. The molecule has 250 valence electrons. The van der Waals surface area contributed by atoms with Gasteiger partial charge in [-0.25, -0.2) is 9.59 Å². The van der Waals surface area contributed by atoms with E-state index in [1.54, 1.807) is 24.0 Å². The van der Waals surface area contributed by atoms with E-state index in [4.69, 9.17) is 29.4 Å². The number of carboxylic acids is 1. The van der Waals surface area contributed by atoms with Crippen molar-refractivity contribution in [3.8, 4) is 0 Å². The fraction of sp³-hybridized carbons (Fsp3) is 0.552. The molecule has 1 fully saturated rings. The Hall–Kier alpha value is -3.77. The topological polar surface area (TPSA) is 235 Å². The molecule has 0 bridgehead atoms. The standard InChI is InChI=1S/C29H42N4O12/c1-5-16-17(8-7-15-11-33(9-10-34)12-18(25(38)39)21(15)32-29(30)31-3)19(26(40)41-4)14-43-27(16)45-28-24(42-6-2)23(37)22(36)20(13-35)44-28/h5,7-8,12,14,16-17,20,22-24,27-28,34-37H,1,6,9-11,13H2,2-4H3,(H,38,39)(H3,30,31,32). The summed E-state index contributed by atoms with van der Waals surface area (Å²) in [6.07, 6.45) is -0.412.